The van der Waals surface area contributed by atoms with Crippen LogP contribution >= 0.6 is 0 Å². The largest absolute Gasteiger partial charge is 0.407 e. The Kier molecular flexibility index (Phi) is 6.31. The van der Waals surface area contributed by atoms with E-state index in [4.69, 9.17) is 10.2 Å². The molecule has 0 amide bonds. The van der Waals surface area contributed by atoms with Crippen molar-refractivity contribution >= 4 is 18.7 Å². The van der Waals surface area contributed by atoms with Gasteiger partial charge >= 0.3 is 5.69 Å². The standard InChI is InChI=1S/C26H33N3O3Si/c1-18-16-29(25(31)28-24(18)30)22-15-19(23(22)27)17-32-33(26(2,3)4,20-11-7-5-8-12-20)21-13-9-6-10-14-21/h5-14,16,19,22-23H,15,17,27H2,1-4H3,(H,28,30,31). The predicted molar refractivity (Wildman–Crippen MR) is 135 cm³/mol. The molecule has 3 aromatic rings. The Hall–Kier alpha value is -2.74. The van der Waals surface area contributed by atoms with E-state index in [-0.39, 0.29) is 28.6 Å². The number of rotatable bonds is 6. The number of aryl methyl sites for hydroxylation is 1. The first-order valence-corrected chi connectivity index (χ1v) is 13.4. The lowest BCUT2D eigenvalue weighted by Crippen LogP contribution is -2.67. The van der Waals surface area contributed by atoms with Crippen LogP contribution < -0.4 is 27.4 Å². The molecule has 0 bridgehead atoms. The molecule has 2 aromatic carbocycles. The van der Waals surface area contributed by atoms with Crippen molar-refractivity contribution in [2.24, 2.45) is 11.7 Å². The summed E-state index contributed by atoms with van der Waals surface area (Å²) in [7, 11) is -2.62. The van der Waals surface area contributed by atoms with E-state index in [1.165, 1.54) is 10.4 Å². The van der Waals surface area contributed by atoms with E-state index in [1.54, 1.807) is 17.7 Å². The quantitative estimate of drug-likeness (QED) is 0.549. The Morgan fingerprint density at radius 1 is 1.03 bits per heavy atom. The number of hydrogen-bond acceptors (Lipinski definition) is 4. The maximum absolute atomic E-state index is 12.3. The van der Waals surface area contributed by atoms with Gasteiger partial charge in [0, 0.05) is 30.3 Å². The SMILES string of the molecule is Cc1cn(C2CC(CO[Si](c3ccccc3)(c3ccccc3)C(C)(C)C)C2N)c(=O)[nH]c1=O. The maximum atomic E-state index is 12.3. The second kappa shape index (κ2) is 8.89. The van der Waals surface area contributed by atoms with Crippen molar-refractivity contribution in [1.82, 2.24) is 9.55 Å². The summed E-state index contributed by atoms with van der Waals surface area (Å²) in [5, 5.41) is 2.37. The molecule has 1 fully saturated rings. The number of nitrogens with zero attached hydrogens (tertiary/aromatic N) is 1. The molecule has 0 saturated heterocycles. The van der Waals surface area contributed by atoms with Crippen LogP contribution in [0.4, 0.5) is 0 Å². The van der Waals surface area contributed by atoms with Crippen LogP contribution in [0.3, 0.4) is 0 Å². The first-order valence-electron chi connectivity index (χ1n) is 11.5. The highest BCUT2D eigenvalue weighted by molar-refractivity contribution is 6.99. The molecule has 6 nitrogen and oxygen atoms in total. The zero-order valence-electron chi connectivity index (χ0n) is 19.7. The normalized spacial score (nSPS) is 20.9. The van der Waals surface area contributed by atoms with Gasteiger partial charge < -0.3 is 10.2 Å². The summed E-state index contributed by atoms with van der Waals surface area (Å²) in [6.45, 7) is 8.99. The Bertz CT molecular complexity index is 1180. The second-order valence-electron chi connectivity index (χ2n) is 10.1. The van der Waals surface area contributed by atoms with Gasteiger partial charge in [-0.25, -0.2) is 4.79 Å². The number of benzene rings is 2. The number of aromatic nitrogens is 2. The number of hydrogen-bond donors (Lipinski definition) is 2. The summed E-state index contributed by atoms with van der Waals surface area (Å²) in [4.78, 5) is 26.4. The van der Waals surface area contributed by atoms with Gasteiger partial charge in [-0.1, -0.05) is 81.4 Å². The summed E-state index contributed by atoms with van der Waals surface area (Å²) >= 11 is 0. The minimum atomic E-state index is -2.62. The molecule has 4 rings (SSSR count). The van der Waals surface area contributed by atoms with Crippen molar-refractivity contribution in [3.63, 3.8) is 0 Å². The fourth-order valence-electron chi connectivity index (χ4n) is 5.05. The summed E-state index contributed by atoms with van der Waals surface area (Å²) < 4.78 is 8.58. The van der Waals surface area contributed by atoms with Gasteiger partial charge in [0.2, 0.25) is 0 Å². The zero-order chi connectivity index (χ0) is 23.8. The smallest absolute Gasteiger partial charge is 0.328 e. The third-order valence-corrected chi connectivity index (χ3v) is 12.0. The fraction of sp³-hybridized carbons (Fsp3) is 0.385. The Morgan fingerprint density at radius 3 is 2.06 bits per heavy atom. The molecule has 0 aliphatic heterocycles. The van der Waals surface area contributed by atoms with Crippen LogP contribution in [0, 0.1) is 12.8 Å². The number of nitrogens with two attached hydrogens (primary N) is 1. The Labute approximate surface area is 195 Å². The third kappa shape index (κ3) is 4.16. The van der Waals surface area contributed by atoms with E-state index in [2.05, 4.69) is 74.3 Å². The average molecular weight is 464 g/mol. The lowest BCUT2D eigenvalue weighted by Gasteiger charge is -2.47. The van der Waals surface area contributed by atoms with Crippen LogP contribution in [0.25, 0.3) is 0 Å². The topological polar surface area (TPSA) is 90.1 Å². The van der Waals surface area contributed by atoms with Crippen molar-refractivity contribution < 1.29 is 4.43 Å². The molecule has 3 N–H and O–H groups in total. The molecule has 0 radical (unpaired) electrons. The Balaban J connectivity index is 1.62. The van der Waals surface area contributed by atoms with E-state index in [1.807, 2.05) is 12.1 Å². The van der Waals surface area contributed by atoms with Crippen molar-refractivity contribution in [2.45, 2.75) is 51.2 Å². The highest BCUT2D eigenvalue weighted by Gasteiger charge is 2.51. The van der Waals surface area contributed by atoms with Gasteiger partial charge in [-0.2, -0.15) is 0 Å². The van der Waals surface area contributed by atoms with Crippen molar-refractivity contribution in [2.75, 3.05) is 6.61 Å². The van der Waals surface area contributed by atoms with Crippen LogP contribution in [0.2, 0.25) is 5.04 Å². The molecule has 1 saturated carbocycles. The molecule has 3 atom stereocenters. The van der Waals surface area contributed by atoms with Gasteiger partial charge in [-0.3, -0.25) is 14.3 Å². The molecule has 1 aromatic heterocycles. The van der Waals surface area contributed by atoms with Gasteiger partial charge in [0.1, 0.15) is 0 Å². The number of nitrogens with one attached hydrogen (secondary N) is 1. The van der Waals surface area contributed by atoms with Crippen LogP contribution in [0.15, 0.2) is 76.4 Å². The zero-order valence-corrected chi connectivity index (χ0v) is 20.7. The minimum absolute atomic E-state index is 0.101. The van der Waals surface area contributed by atoms with Gasteiger partial charge in [-0.05, 0) is 28.8 Å². The van der Waals surface area contributed by atoms with E-state index in [9.17, 15) is 9.59 Å². The molecule has 7 heteroatoms. The molecular weight excluding hydrogens is 430 g/mol. The maximum Gasteiger partial charge on any atom is 0.328 e. The van der Waals surface area contributed by atoms with E-state index in [0.717, 1.165) is 6.42 Å². The molecule has 1 aliphatic rings. The van der Waals surface area contributed by atoms with E-state index in [0.29, 0.717) is 12.2 Å². The van der Waals surface area contributed by atoms with Gasteiger partial charge in [-0.15, -0.1) is 0 Å². The second-order valence-corrected chi connectivity index (χ2v) is 14.4. The highest BCUT2D eigenvalue weighted by Crippen LogP contribution is 2.40. The first-order chi connectivity index (χ1) is 15.6. The fourth-order valence-corrected chi connectivity index (χ4v) is 9.67. The summed E-state index contributed by atoms with van der Waals surface area (Å²) in [5.41, 5.74) is 6.31. The lowest BCUT2D eigenvalue weighted by atomic mass is 9.75. The first kappa shape index (κ1) is 23.4. The molecule has 174 valence electrons. The Morgan fingerprint density at radius 2 is 1.58 bits per heavy atom. The summed E-state index contributed by atoms with van der Waals surface area (Å²) in [6.07, 6.45) is 2.36. The van der Waals surface area contributed by atoms with Crippen LogP contribution in [-0.4, -0.2) is 30.5 Å². The molecule has 0 spiro atoms. The van der Waals surface area contributed by atoms with Crippen molar-refractivity contribution in [3.05, 3.63) is 93.3 Å². The van der Waals surface area contributed by atoms with Gasteiger partial charge in [0.15, 0.2) is 0 Å². The predicted octanol–water partition coefficient (Wildman–Crippen LogP) is 2.31. The van der Waals surface area contributed by atoms with Crippen molar-refractivity contribution in [3.8, 4) is 0 Å². The molecular formula is C26H33N3O3Si. The highest BCUT2D eigenvalue weighted by atomic mass is 28.4. The van der Waals surface area contributed by atoms with Crippen molar-refractivity contribution in [1.29, 1.82) is 0 Å². The van der Waals surface area contributed by atoms with E-state index >= 15 is 0 Å². The molecule has 1 aliphatic carbocycles. The summed E-state index contributed by atoms with van der Waals surface area (Å²) in [5.74, 6) is 0.135. The van der Waals surface area contributed by atoms with Crippen LogP contribution in [-0.2, 0) is 4.43 Å². The average Bonchev–Trinajstić information content (AvgIpc) is 2.79. The molecule has 3 unspecified atom stereocenters. The number of H-pyrrole nitrogens is 1. The molecule has 33 heavy (non-hydrogen) atoms. The third-order valence-electron chi connectivity index (χ3n) is 6.97. The van der Waals surface area contributed by atoms with Crippen LogP contribution in [0.1, 0.15) is 38.8 Å². The van der Waals surface area contributed by atoms with Gasteiger partial charge in [0.25, 0.3) is 13.9 Å². The van der Waals surface area contributed by atoms with E-state index < -0.39 is 14.0 Å². The molecule has 1 heterocycles. The number of aromatic amines is 1. The van der Waals surface area contributed by atoms with Gasteiger partial charge in [0.05, 0.1) is 6.04 Å². The summed E-state index contributed by atoms with van der Waals surface area (Å²) in [6, 6.07) is 20.7. The van der Waals surface area contributed by atoms with Crippen LogP contribution in [0.5, 0.6) is 0 Å². The lowest BCUT2D eigenvalue weighted by molar-refractivity contribution is 0.0859. The monoisotopic (exact) mass is 463 g/mol. The minimum Gasteiger partial charge on any atom is -0.407 e.